The van der Waals surface area contributed by atoms with Gasteiger partial charge in [-0.05, 0) is 55.5 Å². The van der Waals surface area contributed by atoms with Crippen LogP contribution in [-0.4, -0.2) is 37.3 Å². The smallest absolute Gasteiger partial charge is 0.234 e. The molecule has 2 heterocycles. The summed E-state index contributed by atoms with van der Waals surface area (Å²) in [5, 5.41) is 21.5. The molecule has 0 bridgehead atoms. The lowest BCUT2D eigenvalue weighted by Gasteiger charge is -2.09. The number of ketones is 1. The van der Waals surface area contributed by atoms with Crippen molar-refractivity contribution in [2.45, 2.75) is 18.6 Å². The Labute approximate surface area is 188 Å². The van der Waals surface area contributed by atoms with Gasteiger partial charge in [-0.2, -0.15) is 0 Å². The van der Waals surface area contributed by atoms with E-state index in [-0.39, 0.29) is 23.2 Å². The molecule has 162 valence electrons. The van der Waals surface area contributed by atoms with E-state index in [1.54, 1.807) is 60.9 Å². The van der Waals surface area contributed by atoms with Crippen molar-refractivity contribution in [3.05, 3.63) is 78.3 Å². The van der Waals surface area contributed by atoms with Crippen molar-refractivity contribution in [3.63, 3.8) is 0 Å². The number of Topliss-reactive ketones (excluding diaryl/α,β-unsaturated/α-hetero) is 1. The van der Waals surface area contributed by atoms with Crippen LogP contribution in [0.2, 0.25) is 0 Å². The molecule has 0 saturated carbocycles. The fourth-order valence-electron chi connectivity index (χ4n) is 3.06. The van der Waals surface area contributed by atoms with E-state index in [4.69, 9.17) is 4.42 Å². The second-order valence-corrected chi connectivity index (χ2v) is 7.93. The van der Waals surface area contributed by atoms with E-state index < -0.39 is 0 Å². The standard InChI is InChI=1S/C23H20N4O4S/c1-15(28)17-4-2-5-18(12-17)24-21(30)14-32-23-26-25-22(16-7-9-19(29)10-8-16)27(23)13-20-6-3-11-31-20/h2-12,29H,13-14H2,1H3,(H,24,30). The zero-order valence-electron chi connectivity index (χ0n) is 17.2. The van der Waals surface area contributed by atoms with E-state index in [1.807, 2.05) is 10.6 Å². The van der Waals surface area contributed by atoms with Crippen LogP contribution in [0, 0.1) is 0 Å². The van der Waals surface area contributed by atoms with Gasteiger partial charge in [-0.25, -0.2) is 0 Å². The van der Waals surface area contributed by atoms with Crippen LogP contribution in [0.15, 0.2) is 76.5 Å². The van der Waals surface area contributed by atoms with E-state index in [0.29, 0.717) is 28.8 Å². The first kappa shape index (κ1) is 21.4. The predicted molar refractivity (Wildman–Crippen MR) is 121 cm³/mol. The minimum Gasteiger partial charge on any atom is -0.508 e. The van der Waals surface area contributed by atoms with Gasteiger partial charge in [0.05, 0.1) is 18.6 Å². The molecule has 0 radical (unpaired) electrons. The molecule has 0 spiro atoms. The number of nitrogens with one attached hydrogen (secondary N) is 1. The van der Waals surface area contributed by atoms with Crippen molar-refractivity contribution in [2.24, 2.45) is 0 Å². The number of thioether (sulfide) groups is 1. The molecule has 8 nitrogen and oxygen atoms in total. The normalized spacial score (nSPS) is 10.8. The summed E-state index contributed by atoms with van der Waals surface area (Å²) in [6.45, 7) is 1.87. The van der Waals surface area contributed by atoms with Gasteiger partial charge >= 0.3 is 0 Å². The summed E-state index contributed by atoms with van der Waals surface area (Å²) < 4.78 is 7.34. The number of carbonyl (C=O) groups excluding carboxylic acids is 2. The Morgan fingerprint density at radius 1 is 1.09 bits per heavy atom. The Kier molecular flexibility index (Phi) is 6.37. The van der Waals surface area contributed by atoms with Crippen LogP contribution < -0.4 is 5.32 Å². The first-order chi connectivity index (χ1) is 15.5. The van der Waals surface area contributed by atoms with E-state index in [9.17, 15) is 14.7 Å². The zero-order valence-corrected chi connectivity index (χ0v) is 18.0. The summed E-state index contributed by atoms with van der Waals surface area (Å²) in [7, 11) is 0. The van der Waals surface area contributed by atoms with Gasteiger partial charge in [-0.15, -0.1) is 10.2 Å². The second kappa shape index (κ2) is 9.52. The van der Waals surface area contributed by atoms with Gasteiger partial charge in [0, 0.05) is 16.8 Å². The van der Waals surface area contributed by atoms with Crippen LogP contribution in [0.1, 0.15) is 23.0 Å². The van der Waals surface area contributed by atoms with Gasteiger partial charge in [0.15, 0.2) is 16.8 Å². The number of nitrogens with zero attached hydrogens (tertiary/aromatic N) is 3. The molecular formula is C23H20N4O4S. The molecule has 2 aromatic heterocycles. The molecule has 2 N–H and O–H groups in total. The quantitative estimate of drug-likeness (QED) is 0.307. The van der Waals surface area contributed by atoms with Crippen molar-refractivity contribution >= 4 is 29.1 Å². The van der Waals surface area contributed by atoms with Crippen molar-refractivity contribution < 1.29 is 19.1 Å². The summed E-state index contributed by atoms with van der Waals surface area (Å²) in [5.74, 6) is 1.29. The van der Waals surface area contributed by atoms with E-state index in [1.165, 1.54) is 18.7 Å². The van der Waals surface area contributed by atoms with Crippen LogP contribution in [0.5, 0.6) is 5.75 Å². The lowest BCUT2D eigenvalue weighted by atomic mass is 10.1. The SMILES string of the molecule is CC(=O)c1cccc(NC(=O)CSc2nnc(-c3ccc(O)cc3)n2Cc2ccco2)c1. The monoisotopic (exact) mass is 448 g/mol. The Morgan fingerprint density at radius 3 is 2.62 bits per heavy atom. The van der Waals surface area contributed by atoms with Crippen molar-refractivity contribution in [1.82, 2.24) is 14.8 Å². The Hall–Kier alpha value is -3.85. The van der Waals surface area contributed by atoms with Crippen LogP contribution in [0.4, 0.5) is 5.69 Å². The zero-order chi connectivity index (χ0) is 22.5. The first-order valence-corrected chi connectivity index (χ1v) is 10.8. The summed E-state index contributed by atoms with van der Waals surface area (Å²) in [4.78, 5) is 24.0. The van der Waals surface area contributed by atoms with Crippen LogP contribution in [-0.2, 0) is 11.3 Å². The molecule has 0 aliphatic rings. The maximum Gasteiger partial charge on any atom is 0.234 e. The van der Waals surface area contributed by atoms with Gasteiger partial charge in [0.2, 0.25) is 5.91 Å². The van der Waals surface area contributed by atoms with E-state index >= 15 is 0 Å². The predicted octanol–water partition coefficient (Wildman–Crippen LogP) is 4.23. The maximum absolute atomic E-state index is 12.5. The molecule has 0 unspecified atom stereocenters. The molecule has 0 atom stereocenters. The number of phenols is 1. The minimum atomic E-state index is -0.227. The van der Waals surface area contributed by atoms with E-state index in [2.05, 4.69) is 15.5 Å². The second-order valence-electron chi connectivity index (χ2n) is 6.99. The lowest BCUT2D eigenvalue weighted by Crippen LogP contribution is -2.15. The average molecular weight is 449 g/mol. The molecule has 0 fully saturated rings. The van der Waals surface area contributed by atoms with E-state index in [0.717, 1.165) is 11.3 Å². The van der Waals surface area contributed by atoms with Gasteiger partial charge in [-0.1, -0.05) is 23.9 Å². The van der Waals surface area contributed by atoms with Crippen molar-refractivity contribution in [1.29, 1.82) is 0 Å². The average Bonchev–Trinajstić information content (AvgIpc) is 3.44. The molecule has 0 aliphatic heterocycles. The van der Waals surface area contributed by atoms with Crippen LogP contribution in [0.3, 0.4) is 0 Å². The first-order valence-electron chi connectivity index (χ1n) is 9.78. The van der Waals surface area contributed by atoms with Gasteiger partial charge in [-0.3, -0.25) is 14.2 Å². The summed E-state index contributed by atoms with van der Waals surface area (Å²) >= 11 is 1.24. The highest BCUT2D eigenvalue weighted by Crippen LogP contribution is 2.26. The number of carbonyl (C=O) groups is 2. The number of benzene rings is 2. The maximum atomic E-state index is 12.5. The highest BCUT2D eigenvalue weighted by Gasteiger charge is 2.17. The molecule has 0 saturated heterocycles. The van der Waals surface area contributed by atoms with Gasteiger partial charge in [0.25, 0.3) is 0 Å². The summed E-state index contributed by atoms with van der Waals surface area (Å²) in [6.07, 6.45) is 1.59. The fraction of sp³-hybridized carbons (Fsp3) is 0.130. The largest absolute Gasteiger partial charge is 0.508 e. The molecular weight excluding hydrogens is 428 g/mol. The number of anilines is 1. The van der Waals surface area contributed by atoms with Crippen LogP contribution >= 0.6 is 11.8 Å². The molecule has 4 rings (SSSR count). The highest BCUT2D eigenvalue weighted by molar-refractivity contribution is 7.99. The number of rotatable bonds is 8. The van der Waals surface area contributed by atoms with Crippen LogP contribution in [0.25, 0.3) is 11.4 Å². The third-order valence-electron chi connectivity index (χ3n) is 4.62. The van der Waals surface area contributed by atoms with Crippen molar-refractivity contribution in [3.8, 4) is 17.1 Å². The fourth-order valence-corrected chi connectivity index (χ4v) is 3.80. The summed E-state index contributed by atoms with van der Waals surface area (Å²) in [5.41, 5.74) is 1.87. The number of hydrogen-bond donors (Lipinski definition) is 2. The third-order valence-corrected chi connectivity index (χ3v) is 5.59. The number of phenolic OH excluding ortho intramolecular Hbond substituents is 1. The Bertz CT molecular complexity index is 1230. The number of amides is 1. The number of furan rings is 1. The Morgan fingerprint density at radius 2 is 1.91 bits per heavy atom. The topological polar surface area (TPSA) is 110 Å². The molecule has 32 heavy (non-hydrogen) atoms. The number of aromatic nitrogens is 3. The van der Waals surface area contributed by atoms with Gasteiger partial charge < -0.3 is 14.8 Å². The molecule has 1 amide bonds. The number of hydrogen-bond acceptors (Lipinski definition) is 7. The lowest BCUT2D eigenvalue weighted by molar-refractivity contribution is -0.113. The minimum absolute atomic E-state index is 0.0664. The molecule has 9 heteroatoms. The summed E-state index contributed by atoms with van der Waals surface area (Å²) in [6, 6.07) is 17.1. The molecule has 0 aliphatic carbocycles. The third kappa shape index (κ3) is 5.06. The van der Waals surface area contributed by atoms with Crippen molar-refractivity contribution in [2.75, 3.05) is 11.1 Å². The number of aromatic hydroxyl groups is 1. The highest BCUT2D eigenvalue weighted by atomic mass is 32.2. The molecule has 2 aromatic carbocycles. The molecule has 4 aromatic rings. The van der Waals surface area contributed by atoms with Gasteiger partial charge in [0.1, 0.15) is 11.5 Å². The Balaban J connectivity index is 1.51.